The summed E-state index contributed by atoms with van der Waals surface area (Å²) in [6, 6.07) is 6.14. The largest absolute Gasteiger partial charge is 0.454 e. The van der Waals surface area contributed by atoms with Crippen LogP contribution in [0.15, 0.2) is 18.2 Å². The van der Waals surface area contributed by atoms with Gasteiger partial charge in [0.1, 0.15) is 0 Å². The first-order chi connectivity index (χ1) is 15.7. The molecular formula is C24H34N2O6. The molecule has 0 aliphatic carbocycles. The molecule has 0 radical (unpaired) electrons. The van der Waals surface area contributed by atoms with Crippen molar-refractivity contribution in [1.29, 1.82) is 0 Å². The molecule has 0 unspecified atom stereocenters. The Balaban J connectivity index is 1.24. The molecule has 1 amide bonds. The van der Waals surface area contributed by atoms with Gasteiger partial charge in [-0.05, 0) is 49.8 Å². The fraction of sp³-hybridized carbons (Fsp3) is 0.708. The van der Waals surface area contributed by atoms with Gasteiger partial charge >= 0.3 is 0 Å². The Morgan fingerprint density at radius 3 is 2.78 bits per heavy atom. The van der Waals surface area contributed by atoms with Gasteiger partial charge in [-0.2, -0.15) is 0 Å². The van der Waals surface area contributed by atoms with E-state index in [0.29, 0.717) is 32.7 Å². The summed E-state index contributed by atoms with van der Waals surface area (Å²) in [6.45, 7) is 3.96. The summed E-state index contributed by atoms with van der Waals surface area (Å²) >= 11 is 0. The number of amides is 1. The third-order valence-electron chi connectivity index (χ3n) is 7.02. The first-order valence-corrected chi connectivity index (χ1v) is 12.0. The molecule has 0 bridgehead atoms. The maximum absolute atomic E-state index is 12.7. The van der Waals surface area contributed by atoms with Crippen molar-refractivity contribution in [2.24, 2.45) is 0 Å². The molecule has 0 aromatic heterocycles. The van der Waals surface area contributed by atoms with Crippen molar-refractivity contribution >= 4 is 5.91 Å². The zero-order valence-corrected chi connectivity index (χ0v) is 18.6. The number of aliphatic hydroxyl groups is 1. The van der Waals surface area contributed by atoms with Crippen LogP contribution in [0.1, 0.15) is 44.1 Å². The highest BCUT2D eigenvalue weighted by Gasteiger charge is 2.38. The van der Waals surface area contributed by atoms with Crippen LogP contribution in [0.3, 0.4) is 0 Å². The fourth-order valence-corrected chi connectivity index (χ4v) is 5.37. The van der Waals surface area contributed by atoms with Crippen LogP contribution in [0, 0.1) is 0 Å². The van der Waals surface area contributed by atoms with Gasteiger partial charge in [-0.3, -0.25) is 9.69 Å². The van der Waals surface area contributed by atoms with E-state index >= 15 is 0 Å². The van der Waals surface area contributed by atoms with Gasteiger partial charge in [0.25, 0.3) is 0 Å². The molecule has 32 heavy (non-hydrogen) atoms. The first kappa shape index (κ1) is 21.9. The smallest absolute Gasteiger partial charge is 0.231 e. The Bertz CT molecular complexity index is 799. The second-order valence-electron chi connectivity index (χ2n) is 9.40. The molecule has 1 aromatic carbocycles. The van der Waals surface area contributed by atoms with Crippen molar-refractivity contribution in [2.75, 3.05) is 39.6 Å². The maximum atomic E-state index is 12.7. The molecule has 3 fully saturated rings. The van der Waals surface area contributed by atoms with Crippen molar-refractivity contribution in [1.82, 2.24) is 9.80 Å². The van der Waals surface area contributed by atoms with Crippen LogP contribution in [-0.4, -0.2) is 84.8 Å². The highest BCUT2D eigenvalue weighted by molar-refractivity contribution is 5.76. The van der Waals surface area contributed by atoms with E-state index in [-0.39, 0.29) is 30.9 Å². The fourth-order valence-electron chi connectivity index (χ4n) is 5.37. The normalized spacial score (nSPS) is 31.0. The van der Waals surface area contributed by atoms with Gasteiger partial charge in [-0.1, -0.05) is 6.07 Å². The number of aliphatic hydroxyl groups excluding tert-OH is 1. The lowest BCUT2D eigenvalue weighted by atomic mass is 9.94. The highest BCUT2D eigenvalue weighted by atomic mass is 16.7. The van der Waals surface area contributed by atoms with E-state index in [0.717, 1.165) is 55.8 Å². The Kier molecular flexibility index (Phi) is 6.83. The van der Waals surface area contributed by atoms with Crippen LogP contribution in [0.4, 0.5) is 0 Å². The van der Waals surface area contributed by atoms with Gasteiger partial charge in [-0.25, -0.2) is 0 Å². The van der Waals surface area contributed by atoms with Crippen LogP contribution < -0.4 is 9.47 Å². The minimum Gasteiger partial charge on any atom is -0.454 e. The molecule has 0 spiro atoms. The average molecular weight is 447 g/mol. The van der Waals surface area contributed by atoms with E-state index in [1.807, 2.05) is 23.1 Å². The molecule has 1 aromatic rings. The molecule has 0 saturated carbocycles. The minimum absolute atomic E-state index is 0.0639. The number of β-amino-alcohol motifs (C(OH)–C–C–N with tert-alkyl or cyclic N) is 1. The lowest BCUT2D eigenvalue weighted by molar-refractivity contribution is -0.161. The van der Waals surface area contributed by atoms with Crippen LogP contribution in [-0.2, 0) is 20.8 Å². The predicted octanol–water partition coefficient (Wildman–Crippen LogP) is 1.93. The second-order valence-corrected chi connectivity index (χ2v) is 9.40. The van der Waals surface area contributed by atoms with Crippen molar-refractivity contribution in [3.05, 3.63) is 23.8 Å². The number of rotatable bonds is 4. The van der Waals surface area contributed by atoms with Crippen molar-refractivity contribution in [3.8, 4) is 11.5 Å². The first-order valence-electron chi connectivity index (χ1n) is 12.0. The summed E-state index contributed by atoms with van der Waals surface area (Å²) < 4.78 is 23.1. The monoisotopic (exact) mass is 446 g/mol. The number of hydrogen-bond donors (Lipinski definition) is 1. The zero-order valence-electron chi connectivity index (χ0n) is 18.6. The second kappa shape index (κ2) is 9.95. The summed E-state index contributed by atoms with van der Waals surface area (Å²) in [5.41, 5.74) is 1.11. The predicted molar refractivity (Wildman–Crippen MR) is 117 cm³/mol. The Hall–Kier alpha value is -1.87. The number of hydrogen-bond acceptors (Lipinski definition) is 7. The van der Waals surface area contributed by atoms with Gasteiger partial charge in [0.05, 0.1) is 37.9 Å². The standard InChI is InChI=1S/C24H34N2O6/c27-18-13-26(12-17-4-7-21-22(10-17)31-16-30-21)20-6-5-19(32-23(20)15-29-14-18)11-24(28)25-8-2-1-3-9-25/h4,7,10,18-20,23,27H,1-3,5-6,8-9,11-16H2/t18-,19+,20+,23-/m1/s1. The number of piperidine rings is 1. The van der Waals surface area contributed by atoms with Gasteiger partial charge < -0.3 is 29.0 Å². The van der Waals surface area contributed by atoms with Gasteiger partial charge in [0, 0.05) is 32.2 Å². The molecule has 4 heterocycles. The summed E-state index contributed by atoms with van der Waals surface area (Å²) in [4.78, 5) is 17.0. The lowest BCUT2D eigenvalue weighted by Crippen LogP contribution is -2.55. The summed E-state index contributed by atoms with van der Waals surface area (Å²) in [5.74, 6) is 1.76. The Labute approximate surface area is 189 Å². The molecule has 8 nitrogen and oxygen atoms in total. The van der Waals surface area contributed by atoms with Crippen LogP contribution in [0.25, 0.3) is 0 Å². The zero-order chi connectivity index (χ0) is 21.9. The number of nitrogens with zero attached hydrogens (tertiary/aromatic N) is 2. The molecule has 3 saturated heterocycles. The van der Waals surface area contributed by atoms with E-state index in [2.05, 4.69) is 4.90 Å². The number of fused-ring (bicyclic) bond motifs is 2. The van der Waals surface area contributed by atoms with E-state index in [9.17, 15) is 9.90 Å². The minimum atomic E-state index is -0.539. The molecule has 4 aliphatic rings. The molecule has 8 heteroatoms. The molecule has 1 N–H and O–H groups in total. The quantitative estimate of drug-likeness (QED) is 0.757. The SMILES string of the molecule is O=C(C[C@@H]1CC[C@H]2[C@@H](COC[C@H](O)CN2Cc2ccc3c(c2)OCO3)O1)N1CCCCC1. The molecule has 5 rings (SSSR count). The lowest BCUT2D eigenvalue weighted by Gasteiger charge is -2.44. The van der Waals surface area contributed by atoms with Crippen LogP contribution >= 0.6 is 0 Å². The van der Waals surface area contributed by atoms with Crippen molar-refractivity contribution in [2.45, 2.75) is 69.4 Å². The van der Waals surface area contributed by atoms with Crippen LogP contribution in [0.2, 0.25) is 0 Å². The molecule has 4 aliphatic heterocycles. The topological polar surface area (TPSA) is 80.7 Å². The average Bonchev–Trinajstić information content (AvgIpc) is 3.26. The van der Waals surface area contributed by atoms with E-state index in [4.69, 9.17) is 18.9 Å². The van der Waals surface area contributed by atoms with Gasteiger partial charge in [-0.15, -0.1) is 0 Å². The number of benzene rings is 1. The van der Waals surface area contributed by atoms with E-state index < -0.39 is 6.10 Å². The number of carbonyl (C=O) groups is 1. The summed E-state index contributed by atoms with van der Waals surface area (Å²) in [6.07, 6.45) is 4.93. The highest BCUT2D eigenvalue weighted by Crippen LogP contribution is 2.34. The molecule has 176 valence electrons. The third-order valence-corrected chi connectivity index (χ3v) is 7.02. The van der Waals surface area contributed by atoms with E-state index in [1.165, 1.54) is 6.42 Å². The Morgan fingerprint density at radius 1 is 1.06 bits per heavy atom. The molecule has 4 atom stereocenters. The summed E-state index contributed by atoms with van der Waals surface area (Å²) in [5, 5.41) is 10.4. The third kappa shape index (κ3) is 5.03. The number of ether oxygens (including phenoxy) is 4. The van der Waals surface area contributed by atoms with Crippen molar-refractivity contribution < 1.29 is 28.8 Å². The molecular weight excluding hydrogens is 412 g/mol. The van der Waals surface area contributed by atoms with Gasteiger partial charge in [0.2, 0.25) is 12.7 Å². The Morgan fingerprint density at radius 2 is 1.91 bits per heavy atom. The number of likely N-dealkylation sites (tertiary alicyclic amines) is 1. The maximum Gasteiger partial charge on any atom is 0.231 e. The van der Waals surface area contributed by atoms with E-state index in [1.54, 1.807) is 0 Å². The van der Waals surface area contributed by atoms with Crippen LogP contribution in [0.5, 0.6) is 11.5 Å². The number of carbonyl (C=O) groups excluding carboxylic acids is 1. The van der Waals surface area contributed by atoms with Crippen molar-refractivity contribution in [3.63, 3.8) is 0 Å². The summed E-state index contributed by atoms with van der Waals surface area (Å²) in [7, 11) is 0. The van der Waals surface area contributed by atoms with Gasteiger partial charge in [0.15, 0.2) is 11.5 Å².